The number of hydrogen-bond acceptors (Lipinski definition) is 5. The predicted octanol–water partition coefficient (Wildman–Crippen LogP) is 4.20. The lowest BCUT2D eigenvalue weighted by molar-refractivity contribution is 0.0600. The lowest BCUT2D eigenvalue weighted by Gasteiger charge is -2.23. The van der Waals surface area contributed by atoms with Gasteiger partial charge in [-0.3, -0.25) is 9.78 Å². The molecule has 1 amide bonds. The molecule has 0 spiro atoms. The molecule has 4 rings (SSSR count). The van der Waals surface area contributed by atoms with Crippen molar-refractivity contribution >= 4 is 28.9 Å². The highest BCUT2D eigenvalue weighted by Crippen LogP contribution is 2.33. The first-order chi connectivity index (χ1) is 14.1. The van der Waals surface area contributed by atoms with Crippen molar-refractivity contribution in [2.75, 3.05) is 17.3 Å². The second kappa shape index (κ2) is 7.75. The first kappa shape index (κ1) is 18.7. The highest BCUT2D eigenvalue weighted by Gasteiger charge is 2.31. The van der Waals surface area contributed by atoms with E-state index in [0.717, 1.165) is 12.1 Å². The Labute approximate surface area is 169 Å². The normalized spacial score (nSPS) is 15.0. The van der Waals surface area contributed by atoms with Gasteiger partial charge in [-0.25, -0.2) is 4.79 Å². The topological polar surface area (TPSA) is 71.5 Å². The molecule has 6 heteroatoms. The number of carbonyl (C=O) groups excluding carboxylic acids is 2. The van der Waals surface area contributed by atoms with E-state index in [-0.39, 0.29) is 11.9 Å². The maximum Gasteiger partial charge on any atom is 0.337 e. The Morgan fingerprint density at radius 3 is 2.66 bits per heavy atom. The molecule has 1 aliphatic rings. The number of esters is 1. The third-order valence-electron chi connectivity index (χ3n) is 4.98. The minimum atomic E-state index is -0.405. The van der Waals surface area contributed by atoms with E-state index in [0.29, 0.717) is 22.5 Å². The number of rotatable bonds is 4. The molecule has 1 unspecified atom stereocenters. The van der Waals surface area contributed by atoms with Gasteiger partial charge in [0.25, 0.3) is 5.91 Å². The van der Waals surface area contributed by atoms with Gasteiger partial charge < -0.3 is 15.0 Å². The smallest absolute Gasteiger partial charge is 0.337 e. The van der Waals surface area contributed by atoms with E-state index in [9.17, 15) is 9.59 Å². The van der Waals surface area contributed by atoms with Gasteiger partial charge >= 0.3 is 5.97 Å². The van der Waals surface area contributed by atoms with Crippen molar-refractivity contribution in [3.05, 3.63) is 83.7 Å². The van der Waals surface area contributed by atoms with Crippen LogP contribution in [0.15, 0.2) is 67.0 Å². The highest BCUT2D eigenvalue weighted by molar-refractivity contribution is 6.08. The van der Waals surface area contributed by atoms with Crippen molar-refractivity contribution in [1.82, 2.24) is 4.98 Å². The zero-order valence-electron chi connectivity index (χ0n) is 16.3. The summed E-state index contributed by atoms with van der Waals surface area (Å²) in [5, 5.41) is 3.20. The van der Waals surface area contributed by atoms with Crippen LogP contribution in [0.4, 0.5) is 17.1 Å². The van der Waals surface area contributed by atoms with E-state index in [1.54, 1.807) is 36.7 Å². The number of pyridine rings is 1. The number of amides is 1. The molecule has 1 N–H and O–H groups in total. The number of ether oxygens (including phenoxy) is 1. The monoisotopic (exact) mass is 387 g/mol. The number of fused-ring (bicyclic) bond motifs is 1. The highest BCUT2D eigenvalue weighted by atomic mass is 16.5. The second-order valence-corrected chi connectivity index (χ2v) is 7.02. The molecular weight excluding hydrogens is 366 g/mol. The van der Waals surface area contributed by atoms with Gasteiger partial charge in [-0.05, 0) is 49.2 Å². The fraction of sp³-hybridized carbons (Fsp3) is 0.174. The van der Waals surface area contributed by atoms with E-state index < -0.39 is 5.97 Å². The van der Waals surface area contributed by atoms with Gasteiger partial charge in [0.2, 0.25) is 0 Å². The molecule has 0 radical (unpaired) electrons. The quantitative estimate of drug-likeness (QED) is 0.679. The van der Waals surface area contributed by atoms with E-state index in [2.05, 4.69) is 16.4 Å². The van der Waals surface area contributed by atoms with Crippen LogP contribution in [0.3, 0.4) is 0 Å². The summed E-state index contributed by atoms with van der Waals surface area (Å²) in [4.78, 5) is 31.0. The van der Waals surface area contributed by atoms with Gasteiger partial charge in [0.15, 0.2) is 0 Å². The van der Waals surface area contributed by atoms with Crippen LogP contribution in [0.1, 0.15) is 33.2 Å². The number of nitrogens with one attached hydrogen (secondary N) is 1. The molecule has 1 aliphatic heterocycles. The largest absolute Gasteiger partial charge is 0.465 e. The van der Waals surface area contributed by atoms with Crippen molar-refractivity contribution in [2.45, 2.75) is 19.4 Å². The standard InChI is InChI=1S/C23H21N3O3/c1-15-10-16-6-3-4-9-21(16)26(15)22(27)18-12-20(14-24-13-18)25-19-8-5-7-17(11-19)23(28)29-2/h3-9,11-15,25H,10H2,1-2H3. The molecule has 0 saturated carbocycles. The van der Waals surface area contributed by atoms with Gasteiger partial charge in [0.05, 0.1) is 30.1 Å². The van der Waals surface area contributed by atoms with Gasteiger partial charge in [0, 0.05) is 23.6 Å². The summed E-state index contributed by atoms with van der Waals surface area (Å²) >= 11 is 0. The molecule has 1 aromatic heterocycles. The van der Waals surface area contributed by atoms with Crippen LogP contribution < -0.4 is 10.2 Å². The summed E-state index contributed by atoms with van der Waals surface area (Å²) in [7, 11) is 1.35. The van der Waals surface area contributed by atoms with Crippen molar-refractivity contribution < 1.29 is 14.3 Å². The van der Waals surface area contributed by atoms with Gasteiger partial charge in [-0.2, -0.15) is 0 Å². The van der Waals surface area contributed by atoms with Crippen molar-refractivity contribution in [3.8, 4) is 0 Å². The predicted molar refractivity (Wildman–Crippen MR) is 112 cm³/mol. The zero-order valence-corrected chi connectivity index (χ0v) is 16.3. The Balaban J connectivity index is 1.58. The molecule has 6 nitrogen and oxygen atoms in total. The fourth-order valence-electron chi connectivity index (χ4n) is 3.65. The first-order valence-electron chi connectivity index (χ1n) is 9.39. The number of carbonyl (C=O) groups is 2. The molecule has 2 aromatic carbocycles. The van der Waals surface area contributed by atoms with E-state index in [1.165, 1.54) is 12.7 Å². The molecule has 0 bridgehead atoms. The Kier molecular flexibility index (Phi) is 4.99. The van der Waals surface area contributed by atoms with Crippen LogP contribution >= 0.6 is 0 Å². The van der Waals surface area contributed by atoms with E-state index in [4.69, 9.17) is 4.74 Å². The van der Waals surface area contributed by atoms with Gasteiger partial charge in [0.1, 0.15) is 0 Å². The van der Waals surface area contributed by atoms with E-state index in [1.807, 2.05) is 36.1 Å². The molecule has 29 heavy (non-hydrogen) atoms. The van der Waals surface area contributed by atoms with Crippen LogP contribution in [0.25, 0.3) is 0 Å². The first-order valence-corrected chi connectivity index (χ1v) is 9.39. The summed E-state index contributed by atoms with van der Waals surface area (Å²) in [6.07, 6.45) is 4.06. The van der Waals surface area contributed by atoms with Crippen molar-refractivity contribution in [3.63, 3.8) is 0 Å². The van der Waals surface area contributed by atoms with Crippen LogP contribution in [0.5, 0.6) is 0 Å². The summed E-state index contributed by atoms with van der Waals surface area (Å²) in [5.41, 5.74) is 4.45. The average Bonchev–Trinajstić information content (AvgIpc) is 3.08. The Bertz CT molecular complexity index is 1080. The van der Waals surface area contributed by atoms with E-state index >= 15 is 0 Å². The Morgan fingerprint density at radius 1 is 1.03 bits per heavy atom. The SMILES string of the molecule is COC(=O)c1cccc(Nc2cncc(C(=O)N3c4ccccc4CC3C)c2)c1. The van der Waals surface area contributed by atoms with Crippen molar-refractivity contribution in [2.24, 2.45) is 0 Å². The summed E-state index contributed by atoms with van der Waals surface area (Å²) in [6, 6.07) is 16.8. The lowest BCUT2D eigenvalue weighted by Crippen LogP contribution is -2.35. The minimum absolute atomic E-state index is 0.0816. The molecular formula is C23H21N3O3. The number of para-hydroxylation sites is 1. The summed E-state index contributed by atoms with van der Waals surface area (Å²) in [6.45, 7) is 2.05. The van der Waals surface area contributed by atoms with Gasteiger partial charge in [-0.1, -0.05) is 24.3 Å². The third kappa shape index (κ3) is 3.69. The third-order valence-corrected chi connectivity index (χ3v) is 4.98. The lowest BCUT2D eigenvalue weighted by atomic mass is 10.1. The summed E-state index contributed by atoms with van der Waals surface area (Å²) in [5.74, 6) is -0.487. The minimum Gasteiger partial charge on any atom is -0.465 e. The maximum absolute atomic E-state index is 13.2. The van der Waals surface area contributed by atoms with Crippen molar-refractivity contribution in [1.29, 1.82) is 0 Å². The molecule has 2 heterocycles. The number of aromatic nitrogens is 1. The number of methoxy groups -OCH3 is 1. The average molecular weight is 387 g/mol. The maximum atomic E-state index is 13.2. The number of nitrogens with zero attached hydrogens (tertiary/aromatic N) is 2. The Morgan fingerprint density at radius 2 is 1.83 bits per heavy atom. The molecule has 1 atom stereocenters. The van der Waals surface area contributed by atoms with Crippen LogP contribution in [0, 0.1) is 0 Å². The molecule has 0 aliphatic carbocycles. The zero-order chi connectivity index (χ0) is 20.4. The van der Waals surface area contributed by atoms with Crippen LogP contribution in [-0.2, 0) is 11.2 Å². The molecule has 0 saturated heterocycles. The Hall–Kier alpha value is -3.67. The molecule has 3 aromatic rings. The van der Waals surface area contributed by atoms with Crippen LogP contribution in [0.2, 0.25) is 0 Å². The fourth-order valence-corrected chi connectivity index (χ4v) is 3.65. The summed E-state index contributed by atoms with van der Waals surface area (Å²) < 4.78 is 4.76. The van der Waals surface area contributed by atoms with Crippen LogP contribution in [-0.4, -0.2) is 30.0 Å². The second-order valence-electron chi connectivity index (χ2n) is 7.02. The number of hydrogen-bond donors (Lipinski definition) is 1. The molecule has 0 fully saturated rings. The number of benzene rings is 2. The number of anilines is 3. The van der Waals surface area contributed by atoms with Gasteiger partial charge in [-0.15, -0.1) is 0 Å². The molecule has 146 valence electrons.